The summed E-state index contributed by atoms with van der Waals surface area (Å²) in [5.74, 6) is 0.286. The van der Waals surface area contributed by atoms with E-state index in [1.807, 2.05) is 24.3 Å². The molecule has 5 nitrogen and oxygen atoms in total. The molecule has 110 valence electrons. The van der Waals surface area contributed by atoms with Gasteiger partial charge in [0.15, 0.2) is 0 Å². The molecule has 2 aromatic rings. The molecule has 0 spiro atoms. The molecule has 0 saturated heterocycles. The predicted octanol–water partition coefficient (Wildman–Crippen LogP) is 3.22. The average Bonchev–Trinajstić information content (AvgIpc) is 3.27. The third-order valence-corrected chi connectivity index (χ3v) is 4.34. The van der Waals surface area contributed by atoms with Gasteiger partial charge in [0.1, 0.15) is 5.84 Å². The summed E-state index contributed by atoms with van der Waals surface area (Å²) in [4.78, 5) is 4.40. The zero-order valence-electron chi connectivity index (χ0n) is 11.5. The largest absolute Gasteiger partial charge is 0.409 e. The number of oxime groups is 1. The van der Waals surface area contributed by atoms with E-state index in [0.29, 0.717) is 11.4 Å². The third kappa shape index (κ3) is 2.88. The van der Waals surface area contributed by atoms with E-state index in [0.717, 1.165) is 36.0 Å². The number of amidine groups is 1. The van der Waals surface area contributed by atoms with Crippen LogP contribution in [0.1, 0.15) is 19.3 Å². The Morgan fingerprint density at radius 2 is 2.24 bits per heavy atom. The Balaban J connectivity index is 1.79. The first-order chi connectivity index (χ1) is 10.1. The number of hydrogen-bond acceptors (Lipinski definition) is 4. The second kappa shape index (κ2) is 5.41. The van der Waals surface area contributed by atoms with E-state index in [2.05, 4.69) is 15.5 Å². The van der Waals surface area contributed by atoms with Crippen molar-refractivity contribution in [3.63, 3.8) is 0 Å². The van der Waals surface area contributed by atoms with E-state index < -0.39 is 0 Å². The number of fused-ring (bicyclic) bond motifs is 1. The predicted molar refractivity (Wildman–Crippen MR) is 84.9 cm³/mol. The van der Waals surface area contributed by atoms with Crippen LogP contribution in [-0.2, 0) is 0 Å². The Labute approximate surface area is 127 Å². The number of nitrogens with one attached hydrogen (secondary N) is 1. The Morgan fingerprint density at radius 3 is 2.95 bits per heavy atom. The van der Waals surface area contributed by atoms with Gasteiger partial charge in [-0.15, -0.1) is 0 Å². The van der Waals surface area contributed by atoms with Crippen molar-refractivity contribution in [3.8, 4) is 0 Å². The van der Waals surface area contributed by atoms with Gasteiger partial charge in [-0.1, -0.05) is 16.8 Å². The lowest BCUT2D eigenvalue weighted by Crippen LogP contribution is -2.23. The standard InChI is InChI=1S/C15H17ClN4O/c16-11-3-4-12(14-10(11)2-1-7-18-14)19-9-15(5-6-15)8-13(17)20-21/h1-4,7,19,21H,5-6,8-9H2,(H2,17,20). The SMILES string of the molecule is N/C(CC1(CNc2ccc(Cl)c3cccnc23)CC1)=N/O. The molecule has 0 bridgehead atoms. The fourth-order valence-corrected chi connectivity index (χ4v) is 2.79. The van der Waals surface area contributed by atoms with E-state index in [9.17, 15) is 0 Å². The Bertz CT molecular complexity index is 697. The summed E-state index contributed by atoms with van der Waals surface area (Å²) in [5, 5.41) is 16.8. The molecule has 1 saturated carbocycles. The number of halogens is 1. The van der Waals surface area contributed by atoms with Crippen molar-refractivity contribution in [3.05, 3.63) is 35.5 Å². The van der Waals surface area contributed by atoms with Crippen LogP contribution in [0, 0.1) is 5.41 Å². The van der Waals surface area contributed by atoms with Gasteiger partial charge in [-0.3, -0.25) is 4.98 Å². The van der Waals surface area contributed by atoms with Crippen LogP contribution in [0.25, 0.3) is 10.9 Å². The lowest BCUT2D eigenvalue weighted by atomic mass is 10.0. The first-order valence-corrected chi connectivity index (χ1v) is 7.25. The van der Waals surface area contributed by atoms with Gasteiger partial charge in [-0.05, 0) is 42.5 Å². The monoisotopic (exact) mass is 304 g/mol. The maximum Gasteiger partial charge on any atom is 0.139 e. The fourth-order valence-electron chi connectivity index (χ4n) is 2.58. The molecule has 1 fully saturated rings. The number of rotatable bonds is 5. The van der Waals surface area contributed by atoms with Gasteiger partial charge in [-0.25, -0.2) is 0 Å². The highest BCUT2D eigenvalue weighted by Gasteiger charge is 2.43. The molecular formula is C15H17ClN4O. The van der Waals surface area contributed by atoms with Crippen LogP contribution in [-0.4, -0.2) is 22.6 Å². The molecule has 0 radical (unpaired) electrons. The Kier molecular flexibility index (Phi) is 3.59. The molecule has 1 aliphatic rings. The van der Waals surface area contributed by atoms with Crippen LogP contribution in [0.5, 0.6) is 0 Å². The van der Waals surface area contributed by atoms with E-state index in [1.54, 1.807) is 6.20 Å². The van der Waals surface area contributed by atoms with E-state index in [4.69, 9.17) is 22.5 Å². The van der Waals surface area contributed by atoms with E-state index in [-0.39, 0.29) is 11.3 Å². The summed E-state index contributed by atoms with van der Waals surface area (Å²) >= 11 is 6.19. The summed E-state index contributed by atoms with van der Waals surface area (Å²) in [6, 6.07) is 7.65. The molecule has 0 atom stereocenters. The summed E-state index contributed by atoms with van der Waals surface area (Å²) in [6.45, 7) is 0.774. The normalized spacial score (nSPS) is 16.9. The number of nitrogens with zero attached hydrogens (tertiary/aromatic N) is 2. The molecule has 1 aromatic carbocycles. The van der Waals surface area contributed by atoms with Crippen LogP contribution in [0.2, 0.25) is 5.02 Å². The van der Waals surface area contributed by atoms with Gasteiger partial charge >= 0.3 is 0 Å². The number of aromatic nitrogens is 1. The molecule has 0 aliphatic heterocycles. The molecule has 1 heterocycles. The second-order valence-electron chi connectivity index (χ2n) is 5.62. The molecule has 21 heavy (non-hydrogen) atoms. The molecular weight excluding hydrogens is 288 g/mol. The molecule has 0 unspecified atom stereocenters. The lowest BCUT2D eigenvalue weighted by Gasteiger charge is -2.17. The Morgan fingerprint density at radius 1 is 1.43 bits per heavy atom. The maximum absolute atomic E-state index is 8.70. The third-order valence-electron chi connectivity index (χ3n) is 4.01. The zero-order chi connectivity index (χ0) is 14.9. The second-order valence-corrected chi connectivity index (χ2v) is 6.02. The summed E-state index contributed by atoms with van der Waals surface area (Å²) < 4.78 is 0. The highest BCUT2D eigenvalue weighted by molar-refractivity contribution is 6.35. The van der Waals surface area contributed by atoms with Crippen molar-refractivity contribution in [1.82, 2.24) is 4.98 Å². The Hall–Kier alpha value is -2.01. The van der Waals surface area contributed by atoms with Crippen LogP contribution in [0.3, 0.4) is 0 Å². The number of anilines is 1. The first-order valence-electron chi connectivity index (χ1n) is 6.87. The lowest BCUT2D eigenvalue weighted by molar-refractivity contribution is 0.315. The highest BCUT2D eigenvalue weighted by Crippen LogP contribution is 2.49. The summed E-state index contributed by atoms with van der Waals surface area (Å²) in [7, 11) is 0. The minimum atomic E-state index is 0.0943. The van der Waals surface area contributed by atoms with Crippen molar-refractivity contribution in [2.24, 2.45) is 16.3 Å². The molecule has 1 aliphatic carbocycles. The number of nitrogens with two attached hydrogens (primary N) is 1. The van der Waals surface area contributed by atoms with E-state index >= 15 is 0 Å². The minimum Gasteiger partial charge on any atom is -0.409 e. The minimum absolute atomic E-state index is 0.0943. The van der Waals surface area contributed by atoms with Crippen molar-refractivity contribution in [1.29, 1.82) is 0 Å². The van der Waals surface area contributed by atoms with Crippen molar-refractivity contribution >= 4 is 34.0 Å². The fraction of sp³-hybridized carbons (Fsp3) is 0.333. The zero-order valence-corrected chi connectivity index (χ0v) is 12.3. The average molecular weight is 305 g/mol. The van der Waals surface area contributed by atoms with Crippen LogP contribution in [0.4, 0.5) is 5.69 Å². The van der Waals surface area contributed by atoms with Crippen molar-refractivity contribution in [2.75, 3.05) is 11.9 Å². The smallest absolute Gasteiger partial charge is 0.139 e. The van der Waals surface area contributed by atoms with Crippen LogP contribution < -0.4 is 11.1 Å². The van der Waals surface area contributed by atoms with Crippen LogP contribution in [0.15, 0.2) is 35.6 Å². The number of hydrogen-bond donors (Lipinski definition) is 3. The topological polar surface area (TPSA) is 83.5 Å². The van der Waals surface area contributed by atoms with Gasteiger partial charge in [0.05, 0.1) is 16.2 Å². The van der Waals surface area contributed by atoms with Gasteiger partial charge in [0, 0.05) is 24.5 Å². The van der Waals surface area contributed by atoms with Gasteiger partial charge in [0.2, 0.25) is 0 Å². The molecule has 0 amide bonds. The van der Waals surface area contributed by atoms with E-state index in [1.165, 1.54) is 0 Å². The molecule has 1 aromatic heterocycles. The van der Waals surface area contributed by atoms with Gasteiger partial charge < -0.3 is 16.3 Å². The van der Waals surface area contributed by atoms with Gasteiger partial charge in [0.25, 0.3) is 0 Å². The molecule has 3 rings (SSSR count). The van der Waals surface area contributed by atoms with Crippen molar-refractivity contribution in [2.45, 2.75) is 19.3 Å². The quantitative estimate of drug-likeness (QED) is 0.343. The number of pyridine rings is 1. The summed E-state index contributed by atoms with van der Waals surface area (Å²) in [5.41, 5.74) is 7.54. The van der Waals surface area contributed by atoms with Crippen LogP contribution >= 0.6 is 11.6 Å². The van der Waals surface area contributed by atoms with Crippen molar-refractivity contribution < 1.29 is 5.21 Å². The first kappa shape index (κ1) is 13.9. The highest BCUT2D eigenvalue weighted by atomic mass is 35.5. The molecule has 4 N–H and O–H groups in total. The molecule has 6 heteroatoms. The van der Waals surface area contributed by atoms with Gasteiger partial charge in [-0.2, -0.15) is 0 Å². The number of benzene rings is 1. The maximum atomic E-state index is 8.70. The summed E-state index contributed by atoms with van der Waals surface area (Å²) in [6.07, 6.45) is 4.52.